The Bertz CT molecular complexity index is 280. The van der Waals surface area contributed by atoms with Gasteiger partial charge in [-0.3, -0.25) is 9.59 Å². The molecule has 0 radical (unpaired) electrons. The zero-order chi connectivity index (χ0) is 10.6. The van der Waals surface area contributed by atoms with E-state index in [1.165, 1.54) is 0 Å². The molecule has 0 saturated carbocycles. The van der Waals surface area contributed by atoms with Gasteiger partial charge in [-0.15, -0.1) is 12.3 Å². The number of rotatable bonds is 3. The molecule has 0 aromatic rings. The Morgan fingerprint density at radius 3 is 3.00 bits per heavy atom. The molecule has 1 fully saturated rings. The van der Waals surface area contributed by atoms with E-state index in [0.717, 1.165) is 6.42 Å². The molecule has 4 heteroatoms. The summed E-state index contributed by atoms with van der Waals surface area (Å²) in [5.41, 5.74) is 0. The number of carbonyl (C=O) groups excluding carboxylic acids is 2. The monoisotopic (exact) mass is 194 g/mol. The summed E-state index contributed by atoms with van der Waals surface area (Å²) in [5.74, 6) is 2.38. The highest BCUT2D eigenvalue weighted by atomic mass is 16.2. The molecular formula is C10H14N2O2. The molecule has 0 aromatic carbocycles. The van der Waals surface area contributed by atoms with Crippen molar-refractivity contribution in [1.29, 1.82) is 0 Å². The Morgan fingerprint density at radius 2 is 2.36 bits per heavy atom. The van der Waals surface area contributed by atoms with Crippen LogP contribution in [0.2, 0.25) is 0 Å². The summed E-state index contributed by atoms with van der Waals surface area (Å²) < 4.78 is 0. The zero-order valence-electron chi connectivity index (χ0n) is 8.25. The molecule has 1 aliphatic rings. The first kappa shape index (κ1) is 10.6. The zero-order valence-corrected chi connectivity index (χ0v) is 8.25. The molecule has 14 heavy (non-hydrogen) atoms. The van der Waals surface area contributed by atoms with Gasteiger partial charge in [-0.1, -0.05) is 0 Å². The quantitative estimate of drug-likeness (QED) is 0.497. The second-order valence-corrected chi connectivity index (χ2v) is 3.29. The highest BCUT2D eigenvalue weighted by Gasteiger charge is 2.29. The summed E-state index contributed by atoms with van der Waals surface area (Å²) in [6.45, 7) is 2.40. The van der Waals surface area contributed by atoms with Crippen LogP contribution in [0.1, 0.15) is 19.8 Å². The van der Waals surface area contributed by atoms with E-state index < -0.39 is 0 Å². The SMILES string of the molecule is C#CCCCN1C(=O)CNC(=O)C1C. The van der Waals surface area contributed by atoms with Crippen molar-refractivity contribution in [2.75, 3.05) is 13.1 Å². The van der Waals surface area contributed by atoms with Crippen molar-refractivity contribution in [3.63, 3.8) is 0 Å². The summed E-state index contributed by atoms with van der Waals surface area (Å²) in [6.07, 6.45) is 6.49. The van der Waals surface area contributed by atoms with Crippen LogP contribution in [0.15, 0.2) is 0 Å². The van der Waals surface area contributed by atoms with E-state index in [2.05, 4.69) is 11.2 Å². The molecule has 0 aromatic heterocycles. The first-order valence-electron chi connectivity index (χ1n) is 4.67. The minimum Gasteiger partial charge on any atom is -0.345 e. The molecule has 76 valence electrons. The number of nitrogens with zero attached hydrogens (tertiary/aromatic N) is 1. The molecule has 1 rings (SSSR count). The van der Waals surface area contributed by atoms with Crippen LogP contribution < -0.4 is 5.32 Å². The number of unbranched alkanes of at least 4 members (excludes halogenated alkanes) is 1. The number of carbonyl (C=O) groups is 2. The second-order valence-electron chi connectivity index (χ2n) is 3.29. The maximum atomic E-state index is 11.4. The summed E-state index contributed by atoms with van der Waals surface area (Å²) in [4.78, 5) is 24.2. The number of hydrogen-bond donors (Lipinski definition) is 1. The van der Waals surface area contributed by atoms with Crippen LogP contribution in [-0.4, -0.2) is 35.8 Å². The van der Waals surface area contributed by atoms with E-state index >= 15 is 0 Å². The Labute approximate surface area is 83.6 Å². The van der Waals surface area contributed by atoms with Crippen molar-refractivity contribution >= 4 is 11.8 Å². The largest absolute Gasteiger partial charge is 0.345 e. The van der Waals surface area contributed by atoms with E-state index in [1.54, 1.807) is 11.8 Å². The van der Waals surface area contributed by atoms with Crippen molar-refractivity contribution in [1.82, 2.24) is 10.2 Å². The van der Waals surface area contributed by atoms with Crippen LogP contribution in [0, 0.1) is 12.3 Å². The van der Waals surface area contributed by atoms with Crippen molar-refractivity contribution in [3.05, 3.63) is 0 Å². The summed E-state index contributed by atoms with van der Waals surface area (Å²) >= 11 is 0. The van der Waals surface area contributed by atoms with Gasteiger partial charge < -0.3 is 10.2 Å². The molecule has 1 unspecified atom stereocenters. The number of hydrogen-bond acceptors (Lipinski definition) is 2. The molecule has 1 saturated heterocycles. The number of amides is 2. The van der Waals surface area contributed by atoms with Crippen LogP contribution in [-0.2, 0) is 9.59 Å². The summed E-state index contributed by atoms with van der Waals surface area (Å²) in [5, 5.41) is 2.53. The van der Waals surface area contributed by atoms with Crippen LogP contribution in [0.3, 0.4) is 0 Å². The lowest BCUT2D eigenvalue weighted by molar-refractivity contribution is -0.144. The minimum absolute atomic E-state index is 0.0332. The van der Waals surface area contributed by atoms with Gasteiger partial charge in [0.2, 0.25) is 11.8 Å². The van der Waals surface area contributed by atoms with Gasteiger partial charge in [-0.2, -0.15) is 0 Å². The number of nitrogens with one attached hydrogen (secondary N) is 1. The predicted octanol–water partition coefficient (Wildman–Crippen LogP) is -0.253. The highest BCUT2D eigenvalue weighted by molar-refractivity contribution is 5.94. The maximum absolute atomic E-state index is 11.4. The van der Waals surface area contributed by atoms with Crippen LogP contribution in [0.5, 0.6) is 0 Å². The molecule has 0 aliphatic carbocycles. The van der Waals surface area contributed by atoms with E-state index in [0.29, 0.717) is 13.0 Å². The van der Waals surface area contributed by atoms with Crippen LogP contribution in [0.4, 0.5) is 0 Å². The lowest BCUT2D eigenvalue weighted by Crippen LogP contribution is -2.57. The maximum Gasteiger partial charge on any atom is 0.242 e. The predicted molar refractivity (Wildman–Crippen MR) is 52.3 cm³/mol. The smallest absolute Gasteiger partial charge is 0.242 e. The van der Waals surface area contributed by atoms with Gasteiger partial charge in [-0.25, -0.2) is 0 Å². The van der Waals surface area contributed by atoms with Gasteiger partial charge in [0.1, 0.15) is 6.04 Å². The lowest BCUT2D eigenvalue weighted by Gasteiger charge is -2.32. The fraction of sp³-hybridized carbons (Fsp3) is 0.600. The van der Waals surface area contributed by atoms with Crippen molar-refractivity contribution in [3.8, 4) is 12.3 Å². The van der Waals surface area contributed by atoms with E-state index in [-0.39, 0.29) is 24.4 Å². The Hall–Kier alpha value is -1.50. The molecule has 4 nitrogen and oxygen atoms in total. The van der Waals surface area contributed by atoms with Gasteiger partial charge >= 0.3 is 0 Å². The summed E-state index contributed by atoms with van der Waals surface area (Å²) in [6, 6.07) is -0.367. The number of terminal acetylenes is 1. The van der Waals surface area contributed by atoms with E-state index in [9.17, 15) is 9.59 Å². The number of piperazine rings is 1. The fourth-order valence-corrected chi connectivity index (χ4v) is 1.44. The third-order valence-electron chi connectivity index (χ3n) is 2.30. The molecule has 0 spiro atoms. The first-order valence-corrected chi connectivity index (χ1v) is 4.67. The van der Waals surface area contributed by atoms with Gasteiger partial charge in [0.15, 0.2) is 0 Å². The Balaban J connectivity index is 2.51. The molecule has 1 atom stereocenters. The van der Waals surface area contributed by atoms with E-state index in [4.69, 9.17) is 6.42 Å². The topological polar surface area (TPSA) is 49.4 Å². The minimum atomic E-state index is -0.367. The standard InChI is InChI=1S/C10H14N2O2/c1-3-4-5-6-12-8(2)10(14)11-7-9(12)13/h1,8H,4-7H2,2H3,(H,11,14). The summed E-state index contributed by atoms with van der Waals surface area (Å²) in [7, 11) is 0. The van der Waals surface area contributed by atoms with Crippen molar-refractivity contribution in [2.45, 2.75) is 25.8 Å². The average Bonchev–Trinajstić information content (AvgIpc) is 2.18. The van der Waals surface area contributed by atoms with Gasteiger partial charge in [0.25, 0.3) is 0 Å². The Morgan fingerprint density at radius 1 is 1.64 bits per heavy atom. The van der Waals surface area contributed by atoms with Crippen LogP contribution >= 0.6 is 0 Å². The highest BCUT2D eigenvalue weighted by Crippen LogP contribution is 2.06. The van der Waals surface area contributed by atoms with Crippen molar-refractivity contribution < 1.29 is 9.59 Å². The third kappa shape index (κ3) is 2.25. The molecule has 0 bridgehead atoms. The second kappa shape index (κ2) is 4.66. The average molecular weight is 194 g/mol. The lowest BCUT2D eigenvalue weighted by atomic mass is 10.2. The van der Waals surface area contributed by atoms with Gasteiger partial charge in [0.05, 0.1) is 6.54 Å². The molecule has 2 amide bonds. The van der Waals surface area contributed by atoms with Crippen LogP contribution in [0.25, 0.3) is 0 Å². The normalized spacial score (nSPS) is 21.7. The molecule has 1 heterocycles. The molecule has 1 aliphatic heterocycles. The third-order valence-corrected chi connectivity index (χ3v) is 2.30. The fourth-order valence-electron chi connectivity index (χ4n) is 1.44. The van der Waals surface area contributed by atoms with Gasteiger partial charge in [-0.05, 0) is 13.3 Å². The first-order chi connectivity index (χ1) is 6.66. The molecular weight excluding hydrogens is 180 g/mol. The van der Waals surface area contributed by atoms with E-state index in [1.807, 2.05) is 0 Å². The van der Waals surface area contributed by atoms with Crippen molar-refractivity contribution in [2.24, 2.45) is 0 Å². The Kier molecular flexibility index (Phi) is 3.52. The molecule has 1 N–H and O–H groups in total. The van der Waals surface area contributed by atoms with Gasteiger partial charge in [0, 0.05) is 13.0 Å².